The van der Waals surface area contributed by atoms with E-state index in [-0.39, 0.29) is 0 Å². The number of nitrogens with two attached hydrogens (primary N) is 1. The third-order valence-electron chi connectivity index (χ3n) is 2.15. The largest absolute Gasteiger partial charge is 0.486 e. The summed E-state index contributed by atoms with van der Waals surface area (Å²) in [5, 5.41) is 0.974. The van der Waals surface area contributed by atoms with Gasteiger partial charge in [-0.25, -0.2) is 4.98 Å². The zero-order valence-corrected chi connectivity index (χ0v) is 10.4. The molecule has 0 atom stereocenters. The first kappa shape index (κ1) is 12.0. The molecule has 0 radical (unpaired) electrons. The van der Waals surface area contributed by atoms with Crippen LogP contribution >= 0.6 is 23.2 Å². The summed E-state index contributed by atoms with van der Waals surface area (Å²) >= 11 is 12.0. The van der Waals surface area contributed by atoms with Crippen LogP contribution in [0.2, 0.25) is 10.0 Å². The van der Waals surface area contributed by atoms with Crippen molar-refractivity contribution in [1.82, 2.24) is 4.98 Å². The van der Waals surface area contributed by atoms with Gasteiger partial charge in [-0.1, -0.05) is 35.3 Å². The lowest BCUT2D eigenvalue weighted by Crippen LogP contribution is -1.98. The molecule has 0 aliphatic heterocycles. The van der Waals surface area contributed by atoms with Crippen molar-refractivity contribution in [1.29, 1.82) is 0 Å². The smallest absolute Gasteiger partial charge is 0.156 e. The average Bonchev–Trinajstić information content (AvgIpc) is 2.31. The third kappa shape index (κ3) is 3.02. The van der Waals surface area contributed by atoms with E-state index in [4.69, 9.17) is 33.7 Å². The highest BCUT2D eigenvalue weighted by Gasteiger charge is 2.06. The number of pyridine rings is 1. The number of hydrogen-bond acceptors (Lipinski definition) is 3. The van der Waals surface area contributed by atoms with E-state index in [1.165, 1.54) is 0 Å². The van der Waals surface area contributed by atoms with Crippen LogP contribution in [0.5, 0.6) is 5.75 Å². The van der Waals surface area contributed by atoms with Crippen LogP contribution in [-0.2, 0) is 6.61 Å². The summed E-state index contributed by atoms with van der Waals surface area (Å²) in [6.45, 7) is 0.344. The van der Waals surface area contributed by atoms with Crippen LogP contribution in [0, 0.1) is 0 Å². The molecule has 0 spiro atoms. The van der Waals surface area contributed by atoms with Gasteiger partial charge < -0.3 is 10.5 Å². The Balaban J connectivity index is 2.10. The summed E-state index contributed by atoms with van der Waals surface area (Å²) in [5.74, 6) is 0.956. The maximum Gasteiger partial charge on any atom is 0.156 e. The lowest BCUT2D eigenvalue weighted by atomic mass is 10.3. The molecule has 0 fully saturated rings. The molecule has 2 aromatic rings. The number of ether oxygens (including phenoxy) is 1. The number of benzene rings is 1. The molecule has 0 amide bonds. The van der Waals surface area contributed by atoms with Crippen molar-refractivity contribution in [3.63, 3.8) is 0 Å². The highest BCUT2D eigenvalue weighted by molar-refractivity contribution is 6.37. The number of halogens is 2. The number of nitrogens with zero attached hydrogens (tertiary/aromatic N) is 1. The molecular formula is C12H10Cl2N2O. The fourth-order valence-corrected chi connectivity index (χ4v) is 1.80. The highest BCUT2D eigenvalue weighted by Crippen LogP contribution is 2.32. The molecule has 0 aliphatic rings. The maximum atomic E-state index is 5.98. The van der Waals surface area contributed by atoms with Crippen molar-refractivity contribution in [2.75, 3.05) is 5.73 Å². The Morgan fingerprint density at radius 1 is 1.12 bits per heavy atom. The van der Waals surface area contributed by atoms with E-state index >= 15 is 0 Å². The molecule has 0 aliphatic carbocycles. The summed E-state index contributed by atoms with van der Waals surface area (Å²) in [6.07, 6.45) is 1.65. The fourth-order valence-electron chi connectivity index (χ4n) is 1.30. The SMILES string of the molecule is Nc1ccc(COc2c(Cl)cccc2Cl)cn1. The van der Waals surface area contributed by atoms with E-state index in [0.717, 1.165) is 5.56 Å². The predicted molar refractivity (Wildman–Crippen MR) is 69.4 cm³/mol. The van der Waals surface area contributed by atoms with E-state index in [1.807, 2.05) is 6.07 Å². The van der Waals surface area contributed by atoms with Gasteiger partial charge in [0.05, 0.1) is 10.0 Å². The molecule has 0 saturated carbocycles. The summed E-state index contributed by atoms with van der Waals surface area (Å²) in [4.78, 5) is 3.97. The van der Waals surface area contributed by atoms with Crippen molar-refractivity contribution in [3.05, 3.63) is 52.1 Å². The minimum atomic E-state index is 0.344. The monoisotopic (exact) mass is 268 g/mol. The van der Waals surface area contributed by atoms with Gasteiger partial charge in [0.15, 0.2) is 5.75 Å². The number of hydrogen-bond donors (Lipinski definition) is 1. The average molecular weight is 269 g/mol. The Morgan fingerprint density at radius 2 is 1.82 bits per heavy atom. The van der Waals surface area contributed by atoms with Crippen molar-refractivity contribution in [2.24, 2.45) is 0 Å². The van der Waals surface area contributed by atoms with E-state index in [1.54, 1.807) is 30.5 Å². The Bertz CT molecular complexity index is 494. The van der Waals surface area contributed by atoms with Gasteiger partial charge in [0, 0.05) is 11.8 Å². The lowest BCUT2D eigenvalue weighted by Gasteiger charge is -2.09. The zero-order chi connectivity index (χ0) is 12.3. The quantitative estimate of drug-likeness (QED) is 0.926. The van der Waals surface area contributed by atoms with Crippen LogP contribution < -0.4 is 10.5 Å². The minimum Gasteiger partial charge on any atom is -0.486 e. The van der Waals surface area contributed by atoms with Crippen LogP contribution in [0.1, 0.15) is 5.56 Å². The molecule has 88 valence electrons. The van der Waals surface area contributed by atoms with Crippen molar-refractivity contribution in [3.8, 4) is 5.75 Å². The molecule has 3 nitrogen and oxygen atoms in total. The summed E-state index contributed by atoms with van der Waals surface area (Å²) in [6, 6.07) is 8.77. The normalized spacial score (nSPS) is 10.2. The molecule has 0 unspecified atom stereocenters. The van der Waals surface area contributed by atoms with Gasteiger partial charge in [0.25, 0.3) is 0 Å². The van der Waals surface area contributed by atoms with E-state index in [2.05, 4.69) is 4.98 Å². The Labute approximate surface area is 109 Å². The van der Waals surface area contributed by atoms with Gasteiger partial charge in [-0.2, -0.15) is 0 Å². The first-order valence-electron chi connectivity index (χ1n) is 4.94. The Hall–Kier alpha value is -1.45. The standard InChI is InChI=1S/C12H10Cl2N2O/c13-9-2-1-3-10(14)12(9)17-7-8-4-5-11(15)16-6-8/h1-6H,7H2,(H2,15,16). The van der Waals surface area contributed by atoms with Gasteiger partial charge in [-0.05, 0) is 18.2 Å². The minimum absolute atomic E-state index is 0.344. The van der Waals surface area contributed by atoms with Crippen molar-refractivity contribution < 1.29 is 4.74 Å². The number of para-hydroxylation sites is 1. The number of rotatable bonds is 3. The molecular weight excluding hydrogens is 259 g/mol. The zero-order valence-electron chi connectivity index (χ0n) is 8.86. The molecule has 1 heterocycles. The lowest BCUT2D eigenvalue weighted by molar-refractivity contribution is 0.306. The Kier molecular flexibility index (Phi) is 3.71. The molecule has 17 heavy (non-hydrogen) atoms. The molecule has 1 aromatic carbocycles. The van der Waals surface area contributed by atoms with Crippen LogP contribution in [0.3, 0.4) is 0 Å². The van der Waals surface area contributed by atoms with E-state index in [0.29, 0.717) is 28.2 Å². The number of aromatic nitrogens is 1. The fraction of sp³-hybridized carbons (Fsp3) is 0.0833. The van der Waals surface area contributed by atoms with Gasteiger partial charge in [0.2, 0.25) is 0 Å². The predicted octanol–water partition coefficient (Wildman–Crippen LogP) is 3.55. The van der Waals surface area contributed by atoms with Crippen LogP contribution in [0.4, 0.5) is 5.82 Å². The van der Waals surface area contributed by atoms with Crippen LogP contribution in [0.15, 0.2) is 36.5 Å². The third-order valence-corrected chi connectivity index (χ3v) is 2.74. The first-order valence-corrected chi connectivity index (χ1v) is 5.69. The van der Waals surface area contributed by atoms with Gasteiger partial charge in [-0.15, -0.1) is 0 Å². The maximum absolute atomic E-state index is 5.98. The van der Waals surface area contributed by atoms with E-state index < -0.39 is 0 Å². The van der Waals surface area contributed by atoms with Gasteiger partial charge >= 0.3 is 0 Å². The van der Waals surface area contributed by atoms with Crippen LogP contribution in [-0.4, -0.2) is 4.98 Å². The summed E-state index contributed by atoms with van der Waals surface area (Å²) in [5.41, 5.74) is 6.39. The van der Waals surface area contributed by atoms with Gasteiger partial charge in [-0.3, -0.25) is 0 Å². The molecule has 5 heteroatoms. The van der Waals surface area contributed by atoms with Gasteiger partial charge in [0.1, 0.15) is 12.4 Å². The first-order chi connectivity index (χ1) is 8.16. The molecule has 0 saturated heterocycles. The summed E-state index contributed by atoms with van der Waals surface area (Å²) < 4.78 is 5.55. The second-order valence-corrected chi connectivity index (χ2v) is 4.25. The second kappa shape index (κ2) is 5.25. The number of anilines is 1. The van der Waals surface area contributed by atoms with Crippen LogP contribution in [0.25, 0.3) is 0 Å². The molecule has 1 aromatic heterocycles. The highest BCUT2D eigenvalue weighted by atomic mass is 35.5. The molecule has 0 bridgehead atoms. The molecule has 2 rings (SSSR count). The Morgan fingerprint density at radius 3 is 2.41 bits per heavy atom. The summed E-state index contributed by atoms with van der Waals surface area (Å²) in [7, 11) is 0. The second-order valence-electron chi connectivity index (χ2n) is 3.43. The van der Waals surface area contributed by atoms with Crippen molar-refractivity contribution in [2.45, 2.75) is 6.61 Å². The molecule has 2 N–H and O–H groups in total. The topological polar surface area (TPSA) is 48.1 Å². The van der Waals surface area contributed by atoms with Crippen molar-refractivity contribution >= 4 is 29.0 Å². The number of nitrogen functional groups attached to an aromatic ring is 1. The van der Waals surface area contributed by atoms with E-state index in [9.17, 15) is 0 Å².